The average molecular weight is 301 g/mol. The van der Waals surface area contributed by atoms with E-state index >= 15 is 0 Å². The van der Waals surface area contributed by atoms with Crippen LogP contribution in [0.2, 0.25) is 0 Å². The summed E-state index contributed by atoms with van der Waals surface area (Å²) >= 11 is 2.97. The van der Waals surface area contributed by atoms with Crippen molar-refractivity contribution in [3.8, 4) is 5.75 Å². The summed E-state index contributed by atoms with van der Waals surface area (Å²) < 4.78 is 52.6. The number of aldehydes is 1. The predicted molar refractivity (Wildman–Crippen MR) is 51.1 cm³/mol. The Hall–Kier alpha value is -1.11. The molecule has 16 heavy (non-hydrogen) atoms. The molecule has 1 aromatic rings. The van der Waals surface area contributed by atoms with Crippen molar-refractivity contribution in [1.29, 1.82) is 0 Å². The summed E-state index contributed by atoms with van der Waals surface area (Å²) in [6.45, 7) is 0. The fraction of sp³-hybridized carbons (Fsp3) is 0.222. The van der Waals surface area contributed by atoms with Crippen molar-refractivity contribution in [2.45, 2.75) is 12.5 Å². The average Bonchev–Trinajstić information content (AvgIpc) is 2.16. The molecule has 2 nitrogen and oxygen atoms in total. The van der Waals surface area contributed by atoms with Crippen LogP contribution in [0.1, 0.15) is 10.4 Å². The third-order valence-corrected chi connectivity index (χ3v) is 2.08. The van der Waals surface area contributed by atoms with E-state index in [0.29, 0.717) is 4.47 Å². The van der Waals surface area contributed by atoms with Gasteiger partial charge in [-0.2, -0.15) is 17.6 Å². The fourth-order valence-electron chi connectivity index (χ4n) is 0.886. The normalized spacial score (nSPS) is 13.3. The first kappa shape index (κ1) is 13.0. The summed E-state index contributed by atoms with van der Waals surface area (Å²) in [6.07, 6.45) is -8.30. The molecule has 0 radical (unpaired) electrons. The summed E-state index contributed by atoms with van der Waals surface area (Å²) in [4.78, 5) is 10.5. The van der Waals surface area contributed by atoms with Crippen molar-refractivity contribution in [3.63, 3.8) is 0 Å². The molecule has 0 amide bonds. The van der Waals surface area contributed by atoms with E-state index in [4.69, 9.17) is 0 Å². The van der Waals surface area contributed by atoms with Gasteiger partial charge in [-0.3, -0.25) is 4.79 Å². The van der Waals surface area contributed by atoms with Crippen LogP contribution in [0, 0.1) is 0 Å². The van der Waals surface area contributed by atoms with E-state index < -0.39 is 18.3 Å². The first-order valence-electron chi connectivity index (χ1n) is 3.97. The molecule has 1 unspecified atom stereocenters. The number of carbonyl (C=O) groups excluding carboxylic acids is 1. The van der Waals surface area contributed by atoms with Crippen LogP contribution in [0.15, 0.2) is 22.7 Å². The van der Waals surface area contributed by atoms with Crippen LogP contribution in [-0.2, 0) is 0 Å². The Balaban J connectivity index is 2.96. The lowest BCUT2D eigenvalue weighted by molar-refractivity contribution is -0.236. The minimum atomic E-state index is -5.12. The monoisotopic (exact) mass is 300 g/mol. The molecule has 1 rings (SSSR count). The predicted octanol–water partition coefficient (Wildman–Crippen LogP) is 3.50. The molecular formula is C9H5BrF4O2. The van der Waals surface area contributed by atoms with Gasteiger partial charge in [0.1, 0.15) is 5.75 Å². The minimum absolute atomic E-state index is 0.157. The molecule has 0 spiro atoms. The highest BCUT2D eigenvalue weighted by Crippen LogP contribution is 2.29. The zero-order valence-corrected chi connectivity index (χ0v) is 9.18. The topological polar surface area (TPSA) is 26.3 Å². The van der Waals surface area contributed by atoms with Crippen molar-refractivity contribution in [1.82, 2.24) is 0 Å². The Morgan fingerprint density at radius 1 is 1.38 bits per heavy atom. The lowest BCUT2D eigenvalue weighted by atomic mass is 10.2. The second kappa shape index (κ2) is 4.82. The Bertz CT molecular complexity index is 392. The summed E-state index contributed by atoms with van der Waals surface area (Å²) in [7, 11) is 0. The minimum Gasteiger partial charge on any atom is -0.451 e. The molecule has 0 heterocycles. The van der Waals surface area contributed by atoms with Gasteiger partial charge in [-0.25, -0.2) is 0 Å². The van der Waals surface area contributed by atoms with Crippen molar-refractivity contribution in [3.05, 3.63) is 28.2 Å². The van der Waals surface area contributed by atoms with Crippen LogP contribution in [0.3, 0.4) is 0 Å². The maximum atomic E-state index is 12.6. The van der Waals surface area contributed by atoms with E-state index in [1.165, 1.54) is 12.1 Å². The number of benzene rings is 1. The zero-order chi connectivity index (χ0) is 12.3. The van der Waals surface area contributed by atoms with Crippen LogP contribution in [0.4, 0.5) is 17.6 Å². The van der Waals surface area contributed by atoms with Gasteiger partial charge in [0.25, 0.3) is 0 Å². The summed E-state index contributed by atoms with van der Waals surface area (Å²) in [6, 6.07) is 3.73. The standard InChI is InChI=1S/C9H5BrF4O2/c10-6-2-1-5(4-15)7(3-6)16-8(11)9(12,13)14/h1-4,8H. The Kier molecular flexibility index (Phi) is 3.90. The number of halogens is 5. The van der Waals surface area contributed by atoms with E-state index in [9.17, 15) is 22.4 Å². The first-order valence-corrected chi connectivity index (χ1v) is 4.76. The number of alkyl halides is 4. The SMILES string of the molecule is O=Cc1ccc(Br)cc1OC(F)C(F)(F)F. The van der Waals surface area contributed by atoms with Crippen LogP contribution in [0.5, 0.6) is 5.75 Å². The van der Waals surface area contributed by atoms with Gasteiger partial charge >= 0.3 is 12.5 Å². The van der Waals surface area contributed by atoms with E-state index in [1.807, 2.05) is 0 Å². The molecule has 0 aliphatic heterocycles. The molecule has 1 aromatic carbocycles. The van der Waals surface area contributed by atoms with E-state index in [0.717, 1.165) is 6.07 Å². The molecule has 0 aliphatic carbocycles. The Morgan fingerprint density at radius 2 is 2.00 bits per heavy atom. The summed E-state index contributed by atoms with van der Waals surface area (Å²) in [5, 5.41) is 0. The van der Waals surface area contributed by atoms with Gasteiger partial charge in [-0.05, 0) is 18.2 Å². The Morgan fingerprint density at radius 3 is 2.50 bits per heavy atom. The molecule has 0 saturated carbocycles. The maximum Gasteiger partial charge on any atom is 0.457 e. The second-order valence-corrected chi connectivity index (χ2v) is 3.69. The van der Waals surface area contributed by atoms with Crippen LogP contribution in [0.25, 0.3) is 0 Å². The molecule has 0 aromatic heterocycles. The number of rotatable bonds is 3. The highest BCUT2D eigenvalue weighted by atomic mass is 79.9. The third kappa shape index (κ3) is 3.19. The van der Waals surface area contributed by atoms with Gasteiger partial charge in [0.05, 0.1) is 5.56 Å². The molecular weight excluding hydrogens is 296 g/mol. The molecule has 0 aliphatic rings. The zero-order valence-electron chi connectivity index (χ0n) is 7.59. The van der Waals surface area contributed by atoms with Gasteiger partial charge in [-0.15, -0.1) is 0 Å². The van der Waals surface area contributed by atoms with Crippen molar-refractivity contribution in [2.24, 2.45) is 0 Å². The van der Waals surface area contributed by atoms with E-state index in [-0.39, 0.29) is 11.8 Å². The van der Waals surface area contributed by atoms with Crippen molar-refractivity contribution in [2.75, 3.05) is 0 Å². The quantitative estimate of drug-likeness (QED) is 0.631. The summed E-state index contributed by atoms with van der Waals surface area (Å²) in [5.41, 5.74) is -0.157. The molecule has 0 bridgehead atoms. The second-order valence-electron chi connectivity index (χ2n) is 2.78. The van der Waals surface area contributed by atoms with Crippen LogP contribution < -0.4 is 4.74 Å². The highest BCUT2D eigenvalue weighted by Gasteiger charge is 2.42. The smallest absolute Gasteiger partial charge is 0.451 e. The van der Waals surface area contributed by atoms with Gasteiger partial charge in [0.15, 0.2) is 6.29 Å². The van der Waals surface area contributed by atoms with Crippen molar-refractivity contribution < 1.29 is 27.1 Å². The van der Waals surface area contributed by atoms with Gasteiger partial charge < -0.3 is 4.74 Å². The highest BCUT2D eigenvalue weighted by molar-refractivity contribution is 9.10. The number of hydrogen-bond donors (Lipinski definition) is 0. The number of hydrogen-bond acceptors (Lipinski definition) is 2. The molecule has 1 atom stereocenters. The lowest BCUT2D eigenvalue weighted by Crippen LogP contribution is -2.30. The number of ether oxygens (including phenoxy) is 1. The molecule has 7 heteroatoms. The fourth-order valence-corrected chi connectivity index (χ4v) is 1.23. The largest absolute Gasteiger partial charge is 0.457 e. The van der Waals surface area contributed by atoms with Crippen LogP contribution >= 0.6 is 15.9 Å². The lowest BCUT2D eigenvalue weighted by Gasteiger charge is -2.15. The molecule has 0 saturated heterocycles. The number of carbonyl (C=O) groups is 1. The molecule has 0 N–H and O–H groups in total. The maximum absolute atomic E-state index is 12.6. The van der Waals surface area contributed by atoms with E-state index in [2.05, 4.69) is 20.7 Å². The molecule has 88 valence electrons. The van der Waals surface area contributed by atoms with Gasteiger partial charge in [0, 0.05) is 4.47 Å². The summed E-state index contributed by atoms with van der Waals surface area (Å²) in [5.74, 6) is -0.464. The van der Waals surface area contributed by atoms with Crippen LogP contribution in [-0.4, -0.2) is 18.8 Å². The van der Waals surface area contributed by atoms with Gasteiger partial charge in [-0.1, -0.05) is 15.9 Å². The van der Waals surface area contributed by atoms with E-state index in [1.54, 1.807) is 0 Å². The van der Waals surface area contributed by atoms with Crippen molar-refractivity contribution >= 4 is 22.2 Å². The third-order valence-electron chi connectivity index (χ3n) is 1.59. The first-order chi connectivity index (χ1) is 7.34. The van der Waals surface area contributed by atoms with Gasteiger partial charge in [0.2, 0.25) is 0 Å². The molecule has 0 fully saturated rings. The Labute approximate surface area is 96.3 Å².